The van der Waals surface area contributed by atoms with Crippen LogP contribution in [0.25, 0.3) is 0 Å². The van der Waals surface area contributed by atoms with Crippen molar-refractivity contribution >= 4 is 17.5 Å². The summed E-state index contributed by atoms with van der Waals surface area (Å²) in [7, 11) is 1.54. The molecule has 126 valence electrons. The van der Waals surface area contributed by atoms with Gasteiger partial charge in [0.05, 0.1) is 12.8 Å². The standard InChI is InChI=1S/C19H22N2O3/c1-14-8-4-5-9-16(14)12-20-19(23)13-21(15(2)22)17-10-6-7-11-18(17)24-3/h4-11H,12-13H2,1-3H3,(H,20,23). The summed E-state index contributed by atoms with van der Waals surface area (Å²) in [6.45, 7) is 3.81. The minimum atomic E-state index is -0.223. The third-order valence-corrected chi connectivity index (χ3v) is 3.80. The third kappa shape index (κ3) is 4.35. The Labute approximate surface area is 142 Å². The number of amides is 2. The maximum Gasteiger partial charge on any atom is 0.240 e. The van der Waals surface area contributed by atoms with E-state index in [0.29, 0.717) is 18.0 Å². The lowest BCUT2D eigenvalue weighted by molar-refractivity contribution is -0.123. The number of benzene rings is 2. The number of carbonyl (C=O) groups excluding carboxylic acids is 2. The fourth-order valence-corrected chi connectivity index (χ4v) is 2.42. The Morgan fingerprint density at radius 1 is 1.08 bits per heavy atom. The second-order valence-electron chi connectivity index (χ2n) is 5.48. The first kappa shape index (κ1) is 17.5. The van der Waals surface area contributed by atoms with Crippen LogP contribution in [0.5, 0.6) is 5.75 Å². The number of methoxy groups -OCH3 is 1. The first-order chi connectivity index (χ1) is 11.5. The highest BCUT2D eigenvalue weighted by molar-refractivity contribution is 5.98. The van der Waals surface area contributed by atoms with Crippen LogP contribution in [0, 0.1) is 6.92 Å². The van der Waals surface area contributed by atoms with Crippen LogP contribution >= 0.6 is 0 Å². The molecule has 2 rings (SSSR count). The van der Waals surface area contributed by atoms with Crippen LogP contribution in [0.15, 0.2) is 48.5 Å². The van der Waals surface area contributed by atoms with Gasteiger partial charge in [0, 0.05) is 13.5 Å². The van der Waals surface area contributed by atoms with Gasteiger partial charge in [0.2, 0.25) is 11.8 Å². The van der Waals surface area contributed by atoms with E-state index in [0.717, 1.165) is 11.1 Å². The van der Waals surface area contributed by atoms with Crippen molar-refractivity contribution in [2.75, 3.05) is 18.6 Å². The van der Waals surface area contributed by atoms with Gasteiger partial charge in [-0.05, 0) is 30.2 Å². The van der Waals surface area contributed by atoms with Gasteiger partial charge >= 0.3 is 0 Å². The van der Waals surface area contributed by atoms with Gasteiger partial charge in [-0.2, -0.15) is 0 Å². The molecule has 0 spiro atoms. The normalized spacial score (nSPS) is 10.1. The summed E-state index contributed by atoms with van der Waals surface area (Å²) in [6, 6.07) is 15.0. The lowest BCUT2D eigenvalue weighted by Gasteiger charge is -2.22. The van der Waals surface area contributed by atoms with E-state index in [1.54, 1.807) is 18.2 Å². The zero-order valence-electron chi connectivity index (χ0n) is 14.2. The second kappa shape index (κ2) is 8.15. The van der Waals surface area contributed by atoms with E-state index in [-0.39, 0.29) is 18.4 Å². The molecule has 0 aromatic heterocycles. The number of ether oxygens (including phenoxy) is 1. The first-order valence-corrected chi connectivity index (χ1v) is 7.75. The Bertz CT molecular complexity index is 728. The Kier molecular flexibility index (Phi) is 5.95. The molecule has 5 heteroatoms. The highest BCUT2D eigenvalue weighted by Crippen LogP contribution is 2.27. The molecule has 0 radical (unpaired) electrons. The van der Waals surface area contributed by atoms with Crippen LogP contribution < -0.4 is 15.0 Å². The van der Waals surface area contributed by atoms with E-state index in [2.05, 4.69) is 5.32 Å². The van der Waals surface area contributed by atoms with Gasteiger partial charge in [-0.3, -0.25) is 14.5 Å². The molecule has 2 aromatic rings. The third-order valence-electron chi connectivity index (χ3n) is 3.80. The quantitative estimate of drug-likeness (QED) is 0.888. The maximum atomic E-state index is 12.3. The van der Waals surface area contributed by atoms with Crippen LogP contribution in [0.1, 0.15) is 18.1 Å². The fraction of sp³-hybridized carbons (Fsp3) is 0.263. The number of rotatable bonds is 6. The molecule has 1 N–H and O–H groups in total. The second-order valence-corrected chi connectivity index (χ2v) is 5.48. The van der Waals surface area contributed by atoms with E-state index in [1.807, 2.05) is 37.3 Å². The van der Waals surface area contributed by atoms with E-state index in [4.69, 9.17) is 4.74 Å². The molecule has 0 atom stereocenters. The smallest absolute Gasteiger partial charge is 0.240 e. The van der Waals surface area contributed by atoms with Crippen molar-refractivity contribution in [3.63, 3.8) is 0 Å². The van der Waals surface area contributed by atoms with Gasteiger partial charge in [0.25, 0.3) is 0 Å². The number of aryl methyl sites for hydroxylation is 1. The molecule has 0 unspecified atom stereocenters. The molecule has 0 heterocycles. The minimum Gasteiger partial charge on any atom is -0.495 e. The molecule has 5 nitrogen and oxygen atoms in total. The molecule has 0 aliphatic carbocycles. The zero-order valence-corrected chi connectivity index (χ0v) is 14.2. The minimum absolute atomic E-state index is 0.0540. The van der Waals surface area contributed by atoms with Crippen molar-refractivity contribution in [2.45, 2.75) is 20.4 Å². The average molecular weight is 326 g/mol. The molecule has 0 fully saturated rings. The molecule has 24 heavy (non-hydrogen) atoms. The number of nitrogens with zero attached hydrogens (tertiary/aromatic N) is 1. The van der Waals surface area contributed by atoms with Crippen molar-refractivity contribution in [2.24, 2.45) is 0 Å². The summed E-state index contributed by atoms with van der Waals surface area (Å²) in [5.74, 6) is 0.115. The Morgan fingerprint density at radius 3 is 2.42 bits per heavy atom. The lowest BCUT2D eigenvalue weighted by atomic mass is 10.1. The topological polar surface area (TPSA) is 58.6 Å². The number of hydrogen-bond donors (Lipinski definition) is 1. The van der Waals surface area contributed by atoms with Gasteiger partial charge in [-0.1, -0.05) is 36.4 Å². The van der Waals surface area contributed by atoms with Crippen molar-refractivity contribution < 1.29 is 14.3 Å². The molecule has 0 saturated carbocycles. The molecule has 2 aromatic carbocycles. The summed E-state index contributed by atoms with van der Waals surface area (Å²) >= 11 is 0. The van der Waals surface area contributed by atoms with Gasteiger partial charge in [0.15, 0.2) is 0 Å². The van der Waals surface area contributed by atoms with E-state index in [1.165, 1.54) is 18.9 Å². The van der Waals surface area contributed by atoms with Crippen LogP contribution in [0.3, 0.4) is 0 Å². The fourth-order valence-electron chi connectivity index (χ4n) is 2.42. The Morgan fingerprint density at radius 2 is 1.75 bits per heavy atom. The SMILES string of the molecule is COc1ccccc1N(CC(=O)NCc1ccccc1C)C(C)=O. The summed E-state index contributed by atoms with van der Waals surface area (Å²) < 4.78 is 5.28. The first-order valence-electron chi connectivity index (χ1n) is 7.75. The summed E-state index contributed by atoms with van der Waals surface area (Å²) in [6.07, 6.45) is 0. The maximum absolute atomic E-state index is 12.3. The largest absolute Gasteiger partial charge is 0.495 e. The van der Waals surface area contributed by atoms with Crippen molar-refractivity contribution in [3.05, 3.63) is 59.7 Å². The predicted octanol–water partition coefficient (Wildman–Crippen LogP) is 2.67. The Balaban J connectivity index is 2.07. The highest BCUT2D eigenvalue weighted by atomic mass is 16.5. The summed E-state index contributed by atoms with van der Waals surface area (Å²) in [5.41, 5.74) is 2.75. The molecule has 2 amide bonds. The number of hydrogen-bond acceptors (Lipinski definition) is 3. The summed E-state index contributed by atoms with van der Waals surface area (Å²) in [5, 5.41) is 2.86. The zero-order chi connectivity index (χ0) is 17.5. The number of anilines is 1. The lowest BCUT2D eigenvalue weighted by Crippen LogP contribution is -2.39. The summed E-state index contributed by atoms with van der Waals surface area (Å²) in [4.78, 5) is 25.6. The van der Waals surface area contributed by atoms with Crippen molar-refractivity contribution in [1.29, 1.82) is 0 Å². The predicted molar refractivity (Wildman–Crippen MR) is 94.0 cm³/mol. The van der Waals surface area contributed by atoms with Crippen molar-refractivity contribution in [1.82, 2.24) is 5.32 Å². The molecular weight excluding hydrogens is 304 g/mol. The van der Waals surface area contributed by atoms with Gasteiger partial charge in [-0.25, -0.2) is 0 Å². The number of nitrogens with one attached hydrogen (secondary N) is 1. The molecular formula is C19H22N2O3. The van der Waals surface area contributed by atoms with E-state index >= 15 is 0 Å². The average Bonchev–Trinajstić information content (AvgIpc) is 2.58. The molecule has 0 saturated heterocycles. The molecule has 0 aliphatic rings. The van der Waals surface area contributed by atoms with Crippen molar-refractivity contribution in [3.8, 4) is 5.75 Å². The number of para-hydroxylation sites is 2. The van der Waals surface area contributed by atoms with Crippen LogP contribution in [0.2, 0.25) is 0 Å². The van der Waals surface area contributed by atoms with Gasteiger partial charge in [-0.15, -0.1) is 0 Å². The van der Waals surface area contributed by atoms with Crippen LogP contribution in [-0.4, -0.2) is 25.5 Å². The van der Waals surface area contributed by atoms with E-state index < -0.39 is 0 Å². The van der Waals surface area contributed by atoms with Crippen LogP contribution in [-0.2, 0) is 16.1 Å². The number of carbonyl (C=O) groups is 2. The monoisotopic (exact) mass is 326 g/mol. The van der Waals surface area contributed by atoms with Gasteiger partial charge in [0.1, 0.15) is 12.3 Å². The highest BCUT2D eigenvalue weighted by Gasteiger charge is 2.19. The molecule has 0 aliphatic heterocycles. The van der Waals surface area contributed by atoms with Crippen LogP contribution in [0.4, 0.5) is 5.69 Å². The van der Waals surface area contributed by atoms with Gasteiger partial charge < -0.3 is 10.1 Å². The Hall–Kier alpha value is -2.82. The van der Waals surface area contributed by atoms with E-state index in [9.17, 15) is 9.59 Å². The molecule has 0 bridgehead atoms.